The molecule has 1 aromatic heterocycles. The number of carbonyl (C=O) groups is 2. The number of ether oxygens (including phenoxy) is 1. The highest BCUT2D eigenvalue weighted by Crippen LogP contribution is 2.17. The van der Waals surface area contributed by atoms with Crippen molar-refractivity contribution >= 4 is 34.4 Å². The molecule has 0 spiro atoms. The van der Waals surface area contributed by atoms with Gasteiger partial charge in [0.15, 0.2) is 6.61 Å². The molecule has 3 rings (SSSR count). The molecule has 5 nitrogen and oxygen atoms in total. The molecule has 2 aromatic carbocycles. The minimum atomic E-state index is -0.622. The van der Waals surface area contributed by atoms with Crippen LogP contribution in [-0.4, -0.2) is 23.5 Å². The lowest BCUT2D eigenvalue weighted by Gasteiger charge is -2.08. The van der Waals surface area contributed by atoms with Crippen molar-refractivity contribution in [3.63, 3.8) is 0 Å². The Balaban J connectivity index is 1.54. The predicted octanol–water partition coefficient (Wildman–Crippen LogP) is 3.81. The fraction of sp³-hybridized carbons (Fsp3) is 0.150. The number of aromatic nitrogens is 1. The maximum Gasteiger partial charge on any atom is 0.338 e. The molecular formula is C20H16ClFN2O3. The number of rotatable bonds is 5. The van der Waals surface area contributed by atoms with E-state index in [2.05, 4.69) is 10.3 Å². The van der Waals surface area contributed by atoms with Crippen molar-refractivity contribution in [1.82, 2.24) is 10.3 Å². The molecule has 0 saturated carbocycles. The first-order valence-corrected chi connectivity index (χ1v) is 8.55. The zero-order valence-electron chi connectivity index (χ0n) is 14.5. The lowest BCUT2D eigenvalue weighted by Crippen LogP contribution is -2.28. The highest BCUT2D eigenvalue weighted by Gasteiger charge is 2.11. The molecule has 1 amide bonds. The Morgan fingerprint density at radius 1 is 1.15 bits per heavy atom. The largest absolute Gasteiger partial charge is 0.452 e. The maximum atomic E-state index is 13.5. The fourth-order valence-corrected chi connectivity index (χ4v) is 2.59. The van der Waals surface area contributed by atoms with Crippen molar-refractivity contribution in [1.29, 1.82) is 0 Å². The van der Waals surface area contributed by atoms with Crippen molar-refractivity contribution in [3.8, 4) is 0 Å². The van der Waals surface area contributed by atoms with Gasteiger partial charge in [-0.05, 0) is 54.4 Å². The van der Waals surface area contributed by atoms with E-state index in [4.69, 9.17) is 16.3 Å². The molecule has 27 heavy (non-hydrogen) atoms. The first kappa shape index (κ1) is 18.8. The Bertz CT molecular complexity index is 1020. The second kappa shape index (κ2) is 8.14. The summed E-state index contributed by atoms with van der Waals surface area (Å²) < 4.78 is 18.5. The summed E-state index contributed by atoms with van der Waals surface area (Å²) in [5.41, 5.74) is 2.12. The van der Waals surface area contributed by atoms with Gasteiger partial charge in [0.05, 0.1) is 11.1 Å². The Morgan fingerprint density at radius 3 is 2.74 bits per heavy atom. The summed E-state index contributed by atoms with van der Waals surface area (Å²) >= 11 is 5.83. The number of halogens is 2. The van der Waals surface area contributed by atoms with E-state index in [9.17, 15) is 14.0 Å². The van der Waals surface area contributed by atoms with Gasteiger partial charge in [0, 0.05) is 11.9 Å². The van der Waals surface area contributed by atoms with Gasteiger partial charge in [-0.3, -0.25) is 4.79 Å². The van der Waals surface area contributed by atoms with Gasteiger partial charge in [0.25, 0.3) is 5.91 Å². The SMILES string of the molecule is Cc1ccc(CNC(=O)COC(=O)c2ccc3nc(Cl)ccc3c2)cc1F. The molecule has 0 radical (unpaired) electrons. The minimum Gasteiger partial charge on any atom is -0.452 e. The monoisotopic (exact) mass is 386 g/mol. The van der Waals surface area contributed by atoms with E-state index < -0.39 is 18.5 Å². The molecule has 0 aliphatic heterocycles. The average Bonchev–Trinajstić information content (AvgIpc) is 2.66. The number of pyridine rings is 1. The van der Waals surface area contributed by atoms with Crippen LogP contribution in [0.1, 0.15) is 21.5 Å². The van der Waals surface area contributed by atoms with Crippen LogP contribution in [0.25, 0.3) is 10.9 Å². The van der Waals surface area contributed by atoms with E-state index in [1.54, 1.807) is 49.4 Å². The molecule has 0 aliphatic rings. The van der Waals surface area contributed by atoms with E-state index in [0.29, 0.717) is 27.4 Å². The van der Waals surface area contributed by atoms with Crippen LogP contribution in [0.5, 0.6) is 0 Å². The van der Waals surface area contributed by atoms with E-state index in [1.807, 2.05) is 0 Å². The highest BCUT2D eigenvalue weighted by molar-refractivity contribution is 6.29. The Morgan fingerprint density at radius 2 is 1.96 bits per heavy atom. The van der Waals surface area contributed by atoms with Gasteiger partial charge in [-0.15, -0.1) is 0 Å². The topological polar surface area (TPSA) is 68.3 Å². The molecule has 7 heteroatoms. The van der Waals surface area contributed by atoms with E-state index in [-0.39, 0.29) is 12.4 Å². The number of benzene rings is 2. The average molecular weight is 387 g/mol. The molecule has 1 N–H and O–H groups in total. The molecule has 0 atom stereocenters. The summed E-state index contributed by atoms with van der Waals surface area (Å²) in [5, 5.41) is 3.68. The third-order valence-electron chi connectivity index (χ3n) is 3.95. The smallest absolute Gasteiger partial charge is 0.338 e. The number of amides is 1. The zero-order chi connectivity index (χ0) is 19.4. The molecule has 0 aliphatic carbocycles. The van der Waals surface area contributed by atoms with Crippen LogP contribution in [0.15, 0.2) is 48.5 Å². The van der Waals surface area contributed by atoms with Crippen LogP contribution < -0.4 is 5.32 Å². The van der Waals surface area contributed by atoms with E-state index in [1.165, 1.54) is 6.07 Å². The van der Waals surface area contributed by atoms with Crippen LogP contribution >= 0.6 is 11.6 Å². The number of nitrogens with zero attached hydrogens (tertiary/aromatic N) is 1. The Kier molecular flexibility index (Phi) is 5.66. The summed E-state index contributed by atoms with van der Waals surface area (Å²) in [5.74, 6) is -1.43. The van der Waals surface area contributed by atoms with Gasteiger partial charge < -0.3 is 10.1 Å². The second-order valence-electron chi connectivity index (χ2n) is 5.98. The van der Waals surface area contributed by atoms with Crippen LogP contribution in [0, 0.1) is 12.7 Å². The summed E-state index contributed by atoms with van der Waals surface area (Å²) in [4.78, 5) is 28.1. The third-order valence-corrected chi connectivity index (χ3v) is 4.16. The van der Waals surface area contributed by atoms with Gasteiger partial charge in [-0.25, -0.2) is 14.2 Å². The van der Waals surface area contributed by atoms with E-state index in [0.717, 1.165) is 5.39 Å². The second-order valence-corrected chi connectivity index (χ2v) is 6.37. The quantitative estimate of drug-likeness (QED) is 0.535. The normalized spacial score (nSPS) is 10.6. The highest BCUT2D eigenvalue weighted by atomic mass is 35.5. The number of hydrogen-bond donors (Lipinski definition) is 1. The molecular weight excluding hydrogens is 371 g/mol. The third kappa shape index (κ3) is 4.80. The molecule has 0 fully saturated rings. The summed E-state index contributed by atoms with van der Waals surface area (Å²) in [7, 11) is 0. The number of carbonyl (C=O) groups excluding carboxylic acids is 2. The molecule has 3 aromatic rings. The Labute approximate surface area is 160 Å². The lowest BCUT2D eigenvalue weighted by molar-refractivity contribution is -0.124. The van der Waals surface area contributed by atoms with Crippen molar-refractivity contribution in [3.05, 3.63) is 76.2 Å². The van der Waals surface area contributed by atoms with Crippen LogP contribution in [0.4, 0.5) is 4.39 Å². The number of hydrogen-bond acceptors (Lipinski definition) is 4. The zero-order valence-corrected chi connectivity index (χ0v) is 15.2. The predicted molar refractivity (Wildman–Crippen MR) is 100 cm³/mol. The van der Waals surface area contributed by atoms with Crippen LogP contribution in [0.3, 0.4) is 0 Å². The fourth-order valence-electron chi connectivity index (χ4n) is 2.44. The standard InChI is InChI=1S/C20H16ClFN2O3/c1-12-2-3-13(8-16(12)22)10-23-19(25)11-27-20(26)15-4-6-17-14(9-15)5-7-18(21)24-17/h2-9H,10-11H2,1H3,(H,23,25). The summed E-state index contributed by atoms with van der Waals surface area (Å²) in [6, 6.07) is 12.9. The van der Waals surface area contributed by atoms with Gasteiger partial charge >= 0.3 is 5.97 Å². The molecule has 1 heterocycles. The van der Waals surface area contributed by atoms with E-state index >= 15 is 0 Å². The van der Waals surface area contributed by atoms with Gasteiger partial charge in [0.1, 0.15) is 11.0 Å². The van der Waals surface area contributed by atoms with Crippen LogP contribution in [0.2, 0.25) is 5.15 Å². The number of esters is 1. The first-order valence-electron chi connectivity index (χ1n) is 8.17. The van der Waals surface area contributed by atoms with Crippen molar-refractivity contribution in [2.24, 2.45) is 0 Å². The van der Waals surface area contributed by atoms with Crippen molar-refractivity contribution in [2.45, 2.75) is 13.5 Å². The van der Waals surface area contributed by atoms with Gasteiger partial charge in [0.2, 0.25) is 0 Å². The molecule has 0 bridgehead atoms. The first-order chi connectivity index (χ1) is 12.9. The van der Waals surface area contributed by atoms with Gasteiger partial charge in [-0.2, -0.15) is 0 Å². The maximum absolute atomic E-state index is 13.5. The van der Waals surface area contributed by atoms with Gasteiger partial charge in [-0.1, -0.05) is 23.7 Å². The molecule has 0 saturated heterocycles. The Hall–Kier alpha value is -2.99. The molecule has 138 valence electrons. The number of nitrogens with one attached hydrogen (secondary N) is 1. The number of aryl methyl sites for hydroxylation is 1. The molecule has 0 unspecified atom stereocenters. The van der Waals surface area contributed by atoms with Crippen molar-refractivity contribution < 1.29 is 18.7 Å². The lowest BCUT2D eigenvalue weighted by atomic mass is 10.1. The summed E-state index contributed by atoms with van der Waals surface area (Å²) in [6.45, 7) is 1.38. The van der Waals surface area contributed by atoms with Crippen LogP contribution in [-0.2, 0) is 16.1 Å². The summed E-state index contributed by atoms with van der Waals surface area (Å²) in [6.07, 6.45) is 0. The number of fused-ring (bicyclic) bond motifs is 1. The van der Waals surface area contributed by atoms with Crippen molar-refractivity contribution in [2.75, 3.05) is 6.61 Å². The minimum absolute atomic E-state index is 0.149.